The van der Waals surface area contributed by atoms with Gasteiger partial charge in [-0.3, -0.25) is 4.49 Å². The first-order valence-corrected chi connectivity index (χ1v) is 6.72. The molecule has 0 saturated carbocycles. The maximum absolute atomic E-state index is 2.31. The topological polar surface area (TPSA) is 3.01 Å². The molecular weight excluding hydrogens is 217 g/mol. The van der Waals surface area contributed by atoms with Crippen LogP contribution in [0.5, 0.6) is 0 Å². The van der Waals surface area contributed by atoms with Crippen molar-refractivity contribution in [2.45, 2.75) is 39.9 Å². The number of hydrogen-bond acceptors (Lipinski definition) is 0. The molecule has 1 aromatic carbocycles. The van der Waals surface area contributed by atoms with Gasteiger partial charge in [0.15, 0.2) is 11.4 Å². The smallest absolute Gasteiger partial charge is 0.282 e. The molecule has 1 aliphatic heterocycles. The van der Waals surface area contributed by atoms with E-state index in [0.717, 1.165) is 0 Å². The van der Waals surface area contributed by atoms with Crippen LogP contribution in [0.15, 0.2) is 36.4 Å². The molecule has 0 atom stereocenters. The number of nitrogens with zero attached hydrogens (tertiary/aromatic N) is 1. The van der Waals surface area contributed by atoms with Crippen molar-refractivity contribution in [1.82, 2.24) is 0 Å². The van der Waals surface area contributed by atoms with Gasteiger partial charge in [-0.1, -0.05) is 38.1 Å². The molecule has 2 rings (SSSR count). The molecular formula is C16H22BN+. The SMILES string of the molecule is C[B][N+]1=C(/C=C/C(C)C)C(C)(C)c2ccccc21. The molecule has 0 aliphatic carbocycles. The van der Waals surface area contributed by atoms with E-state index < -0.39 is 0 Å². The number of fused-ring (bicyclic) bond motifs is 1. The van der Waals surface area contributed by atoms with Crippen molar-refractivity contribution in [1.29, 1.82) is 0 Å². The molecule has 0 spiro atoms. The Balaban J connectivity index is 2.57. The second-order valence-corrected chi connectivity index (χ2v) is 5.76. The van der Waals surface area contributed by atoms with Gasteiger partial charge in [0, 0.05) is 11.6 Å². The molecule has 0 saturated heterocycles. The average Bonchev–Trinajstić information content (AvgIpc) is 2.55. The second-order valence-electron chi connectivity index (χ2n) is 5.76. The van der Waals surface area contributed by atoms with Gasteiger partial charge in [-0.05, 0) is 32.7 Å². The predicted octanol–water partition coefficient (Wildman–Crippen LogP) is 3.94. The standard InChI is InChI=1S/C16H22BN/c1-12(2)10-11-15-16(3,4)13-8-6-7-9-14(13)18(15)17-5/h6-12H,1-5H3/q+1/b11-10+. The molecule has 0 fully saturated rings. The molecule has 1 aliphatic rings. The summed E-state index contributed by atoms with van der Waals surface area (Å²) in [5, 5.41) is 0. The Kier molecular flexibility index (Phi) is 3.47. The Morgan fingerprint density at radius 1 is 1.22 bits per heavy atom. The van der Waals surface area contributed by atoms with E-state index >= 15 is 0 Å². The summed E-state index contributed by atoms with van der Waals surface area (Å²) in [7, 11) is 2.16. The van der Waals surface area contributed by atoms with Crippen molar-refractivity contribution in [2.75, 3.05) is 0 Å². The van der Waals surface area contributed by atoms with Crippen LogP contribution < -0.4 is 0 Å². The number of allylic oxidation sites excluding steroid dienone is 2. The summed E-state index contributed by atoms with van der Waals surface area (Å²) in [6.07, 6.45) is 4.56. The Hall–Kier alpha value is -1.31. The van der Waals surface area contributed by atoms with E-state index in [2.05, 4.69) is 82.8 Å². The van der Waals surface area contributed by atoms with Crippen LogP contribution in [0.4, 0.5) is 5.69 Å². The fraction of sp³-hybridized carbons (Fsp3) is 0.438. The lowest BCUT2D eigenvalue weighted by Crippen LogP contribution is -2.28. The Labute approximate surface area is 112 Å². The molecule has 2 heteroatoms. The highest BCUT2D eigenvalue weighted by molar-refractivity contribution is 6.27. The summed E-state index contributed by atoms with van der Waals surface area (Å²) in [6.45, 7) is 11.1. The fourth-order valence-electron chi connectivity index (χ4n) is 2.63. The van der Waals surface area contributed by atoms with Gasteiger partial charge in [-0.25, -0.2) is 0 Å². The van der Waals surface area contributed by atoms with E-state index in [1.807, 2.05) is 0 Å². The lowest BCUT2D eigenvalue weighted by molar-refractivity contribution is -0.272. The predicted molar refractivity (Wildman–Crippen MR) is 80.0 cm³/mol. The maximum atomic E-state index is 2.31. The van der Waals surface area contributed by atoms with Crippen LogP contribution in [0.1, 0.15) is 33.3 Å². The van der Waals surface area contributed by atoms with Crippen LogP contribution in [0.2, 0.25) is 6.82 Å². The third-order valence-electron chi connectivity index (χ3n) is 3.63. The average molecular weight is 239 g/mol. The third kappa shape index (κ3) is 2.05. The van der Waals surface area contributed by atoms with Gasteiger partial charge in [0.05, 0.1) is 5.41 Å². The summed E-state index contributed by atoms with van der Waals surface area (Å²) in [4.78, 5) is 0. The number of para-hydroxylation sites is 1. The van der Waals surface area contributed by atoms with Crippen molar-refractivity contribution in [3.63, 3.8) is 0 Å². The van der Waals surface area contributed by atoms with E-state index in [9.17, 15) is 0 Å². The first-order chi connectivity index (χ1) is 8.48. The van der Waals surface area contributed by atoms with Crippen LogP contribution >= 0.6 is 0 Å². The summed E-state index contributed by atoms with van der Waals surface area (Å²) < 4.78 is 2.31. The van der Waals surface area contributed by atoms with Crippen LogP contribution in [0.25, 0.3) is 0 Å². The molecule has 0 N–H and O–H groups in total. The Morgan fingerprint density at radius 3 is 2.50 bits per heavy atom. The summed E-state index contributed by atoms with van der Waals surface area (Å²) in [5.74, 6) is 0.579. The third-order valence-corrected chi connectivity index (χ3v) is 3.63. The molecule has 1 nitrogen and oxygen atoms in total. The lowest BCUT2D eigenvalue weighted by Gasteiger charge is -2.16. The number of benzene rings is 1. The van der Waals surface area contributed by atoms with Gasteiger partial charge in [-0.2, -0.15) is 0 Å². The highest BCUT2D eigenvalue weighted by atomic mass is 15.0. The first-order valence-electron chi connectivity index (χ1n) is 6.72. The van der Waals surface area contributed by atoms with E-state index in [4.69, 9.17) is 0 Å². The molecule has 1 radical (unpaired) electrons. The van der Waals surface area contributed by atoms with Crippen molar-refractivity contribution >= 4 is 18.8 Å². The van der Waals surface area contributed by atoms with Crippen molar-refractivity contribution in [3.05, 3.63) is 42.0 Å². The monoisotopic (exact) mass is 239 g/mol. The Morgan fingerprint density at radius 2 is 1.89 bits per heavy atom. The summed E-state index contributed by atoms with van der Waals surface area (Å²) in [6, 6.07) is 8.68. The molecule has 1 heterocycles. The minimum absolute atomic E-state index is 0.0779. The van der Waals surface area contributed by atoms with Gasteiger partial charge in [-0.15, -0.1) is 0 Å². The van der Waals surface area contributed by atoms with Gasteiger partial charge in [0.2, 0.25) is 0 Å². The summed E-state index contributed by atoms with van der Waals surface area (Å²) in [5.41, 5.74) is 4.16. The minimum atomic E-state index is 0.0779. The van der Waals surface area contributed by atoms with Crippen LogP contribution in [-0.2, 0) is 5.41 Å². The quantitative estimate of drug-likeness (QED) is 0.703. The zero-order valence-electron chi connectivity index (χ0n) is 12.1. The van der Waals surface area contributed by atoms with Gasteiger partial charge in [0.1, 0.15) is 0 Å². The van der Waals surface area contributed by atoms with Gasteiger partial charge >= 0.3 is 7.41 Å². The van der Waals surface area contributed by atoms with Crippen LogP contribution in [0.3, 0.4) is 0 Å². The summed E-state index contributed by atoms with van der Waals surface area (Å²) >= 11 is 0. The zero-order valence-corrected chi connectivity index (χ0v) is 12.1. The molecule has 0 aromatic heterocycles. The second kappa shape index (κ2) is 4.76. The number of hydrogen-bond donors (Lipinski definition) is 0. The lowest BCUT2D eigenvalue weighted by atomic mass is 9.81. The van der Waals surface area contributed by atoms with E-state index in [1.54, 1.807) is 0 Å². The maximum Gasteiger partial charge on any atom is 0.536 e. The highest BCUT2D eigenvalue weighted by Crippen LogP contribution is 2.39. The van der Waals surface area contributed by atoms with Gasteiger partial charge < -0.3 is 0 Å². The van der Waals surface area contributed by atoms with E-state index in [0.29, 0.717) is 5.92 Å². The van der Waals surface area contributed by atoms with E-state index in [-0.39, 0.29) is 5.41 Å². The molecule has 0 amide bonds. The highest BCUT2D eigenvalue weighted by Gasteiger charge is 2.42. The largest absolute Gasteiger partial charge is 0.536 e. The fourth-order valence-corrected chi connectivity index (χ4v) is 2.63. The normalized spacial score (nSPS) is 17.7. The van der Waals surface area contributed by atoms with Crippen LogP contribution in [0, 0.1) is 5.92 Å². The molecule has 0 bridgehead atoms. The van der Waals surface area contributed by atoms with Crippen molar-refractivity contribution in [3.8, 4) is 0 Å². The molecule has 1 aromatic rings. The molecule has 93 valence electrons. The van der Waals surface area contributed by atoms with Crippen molar-refractivity contribution in [2.24, 2.45) is 5.92 Å². The van der Waals surface area contributed by atoms with E-state index in [1.165, 1.54) is 17.0 Å². The van der Waals surface area contributed by atoms with Crippen LogP contribution in [-0.4, -0.2) is 17.6 Å². The Bertz CT molecular complexity index is 510. The molecule has 0 unspecified atom stereocenters. The zero-order chi connectivity index (χ0) is 13.3. The minimum Gasteiger partial charge on any atom is -0.282 e. The first kappa shape index (κ1) is 13.1. The van der Waals surface area contributed by atoms with Crippen molar-refractivity contribution < 1.29 is 4.49 Å². The molecule has 18 heavy (non-hydrogen) atoms. The number of rotatable bonds is 3. The van der Waals surface area contributed by atoms with Gasteiger partial charge in [0.25, 0.3) is 0 Å².